The van der Waals surface area contributed by atoms with Crippen molar-refractivity contribution in [3.8, 4) is 5.75 Å². The van der Waals surface area contributed by atoms with E-state index in [4.69, 9.17) is 4.74 Å². The molecule has 9 heteroatoms. The number of imide groups is 1. The molecule has 230 valence electrons. The van der Waals surface area contributed by atoms with Gasteiger partial charge in [-0.1, -0.05) is 13.3 Å². The number of carbonyl (C=O) groups excluding carboxylic acids is 4. The van der Waals surface area contributed by atoms with Crippen LogP contribution in [0.1, 0.15) is 93.5 Å². The molecule has 7 fully saturated rings. The Morgan fingerprint density at radius 1 is 0.953 bits per heavy atom. The molecular formula is C34H44N4O5. The summed E-state index contributed by atoms with van der Waals surface area (Å²) in [5.41, 5.74) is 2.00. The predicted molar refractivity (Wildman–Crippen MR) is 158 cm³/mol. The van der Waals surface area contributed by atoms with E-state index in [-0.39, 0.29) is 35.7 Å². The van der Waals surface area contributed by atoms with Gasteiger partial charge in [-0.2, -0.15) is 0 Å². The molecule has 4 amide bonds. The van der Waals surface area contributed by atoms with Crippen LogP contribution in [0, 0.1) is 22.7 Å². The molecule has 4 saturated carbocycles. The first-order valence-electron chi connectivity index (χ1n) is 16.7. The van der Waals surface area contributed by atoms with Gasteiger partial charge in [0.1, 0.15) is 17.9 Å². The third kappa shape index (κ3) is 4.59. The summed E-state index contributed by atoms with van der Waals surface area (Å²) in [6.45, 7) is 6.83. The lowest BCUT2D eigenvalue weighted by molar-refractivity contribution is -0.210. The van der Waals surface area contributed by atoms with Crippen molar-refractivity contribution in [3.05, 3.63) is 29.3 Å². The molecule has 3 atom stereocenters. The first-order valence-corrected chi connectivity index (χ1v) is 16.7. The van der Waals surface area contributed by atoms with Gasteiger partial charge in [-0.15, -0.1) is 0 Å². The van der Waals surface area contributed by atoms with Crippen LogP contribution >= 0.6 is 0 Å². The highest BCUT2D eigenvalue weighted by atomic mass is 16.5. The second kappa shape index (κ2) is 10.0. The molecule has 1 aromatic carbocycles. The summed E-state index contributed by atoms with van der Waals surface area (Å²) in [6.07, 6.45) is 11.0. The van der Waals surface area contributed by atoms with Crippen LogP contribution < -0.4 is 10.1 Å². The van der Waals surface area contributed by atoms with Crippen molar-refractivity contribution in [3.63, 3.8) is 0 Å². The SMILES string of the molecule is CC12CC(C(=O)N3CCC(C4CN([C@H]5CCCC[C@H]5Oc5ccc6c(c5)CN(C5CCC(=O)NC5=O)C6=O)C4)CC3)(C1)C2. The van der Waals surface area contributed by atoms with Crippen molar-refractivity contribution in [2.75, 3.05) is 26.2 Å². The van der Waals surface area contributed by atoms with Crippen LogP contribution in [-0.2, 0) is 20.9 Å². The van der Waals surface area contributed by atoms with Crippen molar-refractivity contribution < 1.29 is 23.9 Å². The van der Waals surface area contributed by atoms with Gasteiger partial charge in [0.15, 0.2) is 0 Å². The zero-order valence-corrected chi connectivity index (χ0v) is 25.3. The fraction of sp³-hybridized carbons (Fsp3) is 0.706. The predicted octanol–water partition coefficient (Wildman–Crippen LogP) is 3.50. The lowest BCUT2D eigenvalue weighted by atomic mass is 9.35. The van der Waals surface area contributed by atoms with Crippen molar-refractivity contribution >= 4 is 23.6 Å². The van der Waals surface area contributed by atoms with Crippen LogP contribution in [0.15, 0.2) is 18.2 Å². The van der Waals surface area contributed by atoms with Crippen molar-refractivity contribution in [2.45, 2.75) is 102 Å². The molecule has 2 bridgehead atoms. The molecule has 1 N–H and O–H groups in total. The Hall–Kier alpha value is -2.94. The maximum absolute atomic E-state index is 13.1. The van der Waals surface area contributed by atoms with Crippen molar-refractivity contribution in [2.24, 2.45) is 22.7 Å². The Balaban J connectivity index is 0.850. The smallest absolute Gasteiger partial charge is 0.255 e. The molecule has 4 aliphatic carbocycles. The van der Waals surface area contributed by atoms with E-state index in [1.54, 1.807) is 4.90 Å². The Kier molecular flexibility index (Phi) is 6.45. The van der Waals surface area contributed by atoms with E-state index < -0.39 is 6.04 Å². The number of ether oxygens (including phenoxy) is 1. The number of hydrogen-bond donors (Lipinski definition) is 1. The van der Waals surface area contributed by atoms with Gasteiger partial charge in [-0.3, -0.25) is 29.4 Å². The van der Waals surface area contributed by atoms with Crippen LogP contribution in [-0.4, -0.2) is 82.7 Å². The van der Waals surface area contributed by atoms with Crippen molar-refractivity contribution in [1.82, 2.24) is 20.0 Å². The Labute approximate surface area is 253 Å². The molecule has 0 radical (unpaired) electrons. The number of amides is 4. The van der Waals surface area contributed by atoms with Crippen LogP contribution in [0.5, 0.6) is 5.75 Å². The molecule has 3 saturated heterocycles. The monoisotopic (exact) mass is 588 g/mol. The third-order valence-corrected chi connectivity index (χ3v) is 12.1. The normalized spacial score (nSPS) is 36.4. The summed E-state index contributed by atoms with van der Waals surface area (Å²) in [5.74, 6) is 1.87. The number of hydrogen-bond acceptors (Lipinski definition) is 6. The molecule has 43 heavy (non-hydrogen) atoms. The Bertz CT molecular complexity index is 1340. The number of nitrogens with one attached hydrogen (secondary N) is 1. The van der Waals surface area contributed by atoms with E-state index in [9.17, 15) is 19.2 Å². The molecular weight excluding hydrogens is 544 g/mol. The topological polar surface area (TPSA) is 99.3 Å². The maximum Gasteiger partial charge on any atom is 0.255 e. The van der Waals surface area contributed by atoms with E-state index in [1.807, 2.05) is 18.2 Å². The Morgan fingerprint density at radius 2 is 1.70 bits per heavy atom. The molecule has 0 aromatic heterocycles. The van der Waals surface area contributed by atoms with Gasteiger partial charge in [0.05, 0.1) is 5.41 Å². The molecule has 8 aliphatic rings. The van der Waals surface area contributed by atoms with E-state index >= 15 is 0 Å². The summed E-state index contributed by atoms with van der Waals surface area (Å²) in [5, 5.41) is 2.37. The van der Waals surface area contributed by atoms with Gasteiger partial charge in [-0.25, -0.2) is 0 Å². The molecule has 1 unspecified atom stereocenters. The van der Waals surface area contributed by atoms with Gasteiger partial charge in [0.2, 0.25) is 17.7 Å². The van der Waals surface area contributed by atoms with Crippen LogP contribution in [0.4, 0.5) is 0 Å². The quantitative estimate of drug-likeness (QED) is 0.511. The van der Waals surface area contributed by atoms with Crippen LogP contribution in [0.3, 0.4) is 0 Å². The average Bonchev–Trinajstić information content (AvgIpc) is 3.26. The van der Waals surface area contributed by atoms with Crippen LogP contribution in [0.25, 0.3) is 0 Å². The third-order valence-electron chi connectivity index (χ3n) is 12.1. The van der Waals surface area contributed by atoms with E-state index in [2.05, 4.69) is 22.0 Å². The minimum Gasteiger partial charge on any atom is -0.489 e. The number of rotatable bonds is 6. The van der Waals surface area contributed by atoms with Crippen LogP contribution in [0.2, 0.25) is 0 Å². The van der Waals surface area contributed by atoms with E-state index in [0.29, 0.717) is 35.9 Å². The highest BCUT2D eigenvalue weighted by Crippen LogP contribution is 2.73. The second-order valence-electron chi connectivity index (χ2n) is 15.2. The lowest BCUT2D eigenvalue weighted by Crippen LogP contribution is -2.67. The van der Waals surface area contributed by atoms with Crippen molar-refractivity contribution in [1.29, 1.82) is 0 Å². The average molecular weight is 589 g/mol. The largest absolute Gasteiger partial charge is 0.489 e. The first-order chi connectivity index (χ1) is 20.7. The van der Waals surface area contributed by atoms with Gasteiger partial charge < -0.3 is 14.5 Å². The number of nitrogens with zero attached hydrogens (tertiary/aromatic N) is 3. The summed E-state index contributed by atoms with van der Waals surface area (Å²) in [7, 11) is 0. The number of fused-ring (bicyclic) bond motifs is 1. The number of benzene rings is 1. The molecule has 4 heterocycles. The molecule has 9 nitrogen and oxygen atoms in total. The zero-order chi connectivity index (χ0) is 29.5. The molecule has 0 spiro atoms. The Morgan fingerprint density at radius 3 is 2.42 bits per heavy atom. The minimum absolute atomic E-state index is 0.0200. The first kappa shape index (κ1) is 27.6. The fourth-order valence-electron chi connectivity index (χ4n) is 9.98. The minimum atomic E-state index is -0.603. The number of likely N-dealkylation sites (tertiary alicyclic amines) is 2. The number of carbonyl (C=O) groups is 4. The standard InChI is InChI=1S/C34H44N4O5/c1-33-18-34(19-33,20-33)32(42)36-12-10-21(11-13-36)23-15-37(16-23)26-4-2-3-5-28(26)43-24-6-7-25-22(14-24)17-38(31(25)41)27-8-9-29(39)35-30(27)40/h6-7,14,21,23,26-28H,2-5,8-13,15-20H2,1H3,(H,35,39,40)/t26-,27?,28+,33?,34?/m0/s1. The summed E-state index contributed by atoms with van der Waals surface area (Å²) >= 11 is 0. The highest BCUT2D eigenvalue weighted by Gasteiger charge is 2.69. The van der Waals surface area contributed by atoms with Gasteiger partial charge in [-0.05, 0) is 98.8 Å². The summed E-state index contributed by atoms with van der Waals surface area (Å²) in [6, 6.07) is 5.52. The molecule has 1 aromatic rings. The second-order valence-corrected chi connectivity index (χ2v) is 15.2. The van der Waals surface area contributed by atoms with E-state index in [1.165, 1.54) is 6.42 Å². The highest BCUT2D eigenvalue weighted by molar-refractivity contribution is 6.05. The lowest BCUT2D eigenvalue weighted by Gasteiger charge is -2.69. The maximum atomic E-state index is 13.1. The summed E-state index contributed by atoms with van der Waals surface area (Å²) in [4.78, 5) is 56.6. The fourth-order valence-corrected chi connectivity index (χ4v) is 9.98. The number of piperidine rings is 2. The molecule has 9 rings (SSSR count). The van der Waals surface area contributed by atoms with Gasteiger partial charge >= 0.3 is 0 Å². The molecule has 4 aliphatic heterocycles. The van der Waals surface area contributed by atoms with E-state index in [0.717, 1.165) is 101 Å². The zero-order valence-electron chi connectivity index (χ0n) is 25.3. The summed E-state index contributed by atoms with van der Waals surface area (Å²) < 4.78 is 6.64. The van der Waals surface area contributed by atoms with Gasteiger partial charge in [0.25, 0.3) is 5.91 Å². The van der Waals surface area contributed by atoms with Gasteiger partial charge in [0, 0.05) is 50.7 Å².